The lowest BCUT2D eigenvalue weighted by Crippen LogP contribution is -2.56. The number of carboxylic acids is 1. The number of piperidine rings is 1. The second kappa shape index (κ2) is 7.52. The lowest BCUT2D eigenvalue weighted by molar-refractivity contribution is -0.139. The van der Waals surface area contributed by atoms with E-state index in [0.717, 1.165) is 12.8 Å². The third kappa shape index (κ3) is 3.97. The van der Waals surface area contributed by atoms with E-state index in [2.05, 4.69) is 17.2 Å². The molecule has 3 amide bonds. The molecule has 1 fully saturated rings. The van der Waals surface area contributed by atoms with Gasteiger partial charge >= 0.3 is 12.0 Å². The normalized spacial score (nSPS) is 19.9. The van der Waals surface area contributed by atoms with E-state index >= 15 is 0 Å². The smallest absolute Gasteiger partial charge is 0.326 e. The highest BCUT2D eigenvalue weighted by Crippen LogP contribution is 2.17. The predicted octanol–water partition coefficient (Wildman–Crippen LogP) is 0.326. The largest absolute Gasteiger partial charge is 0.480 e. The summed E-state index contributed by atoms with van der Waals surface area (Å²) >= 11 is 0. The van der Waals surface area contributed by atoms with Gasteiger partial charge in [-0.2, -0.15) is 0 Å². The van der Waals surface area contributed by atoms with Gasteiger partial charge in [0.2, 0.25) is 5.91 Å². The zero-order chi connectivity index (χ0) is 15.1. The van der Waals surface area contributed by atoms with Crippen molar-refractivity contribution in [1.82, 2.24) is 15.5 Å². The van der Waals surface area contributed by atoms with Crippen LogP contribution in [0, 0.1) is 0 Å². The number of aliphatic carboxylic acids is 1. The fourth-order valence-electron chi connectivity index (χ4n) is 2.23. The predicted molar refractivity (Wildman–Crippen MR) is 73.2 cm³/mol. The molecule has 1 aliphatic rings. The van der Waals surface area contributed by atoms with Crippen molar-refractivity contribution in [3.8, 4) is 0 Å². The van der Waals surface area contributed by atoms with Crippen LogP contribution in [-0.4, -0.2) is 53.6 Å². The van der Waals surface area contributed by atoms with Crippen molar-refractivity contribution in [2.45, 2.75) is 37.8 Å². The van der Waals surface area contributed by atoms with Crippen molar-refractivity contribution in [2.24, 2.45) is 0 Å². The molecule has 0 aliphatic carbocycles. The second-order valence-corrected chi connectivity index (χ2v) is 4.68. The summed E-state index contributed by atoms with van der Waals surface area (Å²) in [7, 11) is 1.52. The van der Waals surface area contributed by atoms with E-state index < -0.39 is 24.1 Å². The van der Waals surface area contributed by atoms with Gasteiger partial charge < -0.3 is 20.6 Å². The number of nitrogens with zero attached hydrogens (tertiary/aromatic N) is 1. The van der Waals surface area contributed by atoms with Crippen LogP contribution in [0.1, 0.15) is 25.7 Å². The Labute approximate surface area is 118 Å². The SMILES string of the molecule is C=CCC(NC(=O)N1CCCCC1C(=O)NC)C(=O)O. The first-order chi connectivity index (χ1) is 9.51. The van der Waals surface area contributed by atoms with E-state index in [4.69, 9.17) is 5.11 Å². The summed E-state index contributed by atoms with van der Waals surface area (Å²) in [6.45, 7) is 3.92. The number of nitrogens with one attached hydrogen (secondary N) is 2. The number of carboxylic acid groups (broad SMARTS) is 1. The average molecular weight is 283 g/mol. The Balaban J connectivity index is 2.74. The first kappa shape index (κ1) is 16.0. The average Bonchev–Trinajstić information content (AvgIpc) is 2.45. The Morgan fingerprint density at radius 1 is 1.45 bits per heavy atom. The Hall–Kier alpha value is -2.05. The van der Waals surface area contributed by atoms with Gasteiger partial charge in [0.15, 0.2) is 0 Å². The van der Waals surface area contributed by atoms with Crippen LogP contribution in [0.2, 0.25) is 0 Å². The number of amides is 3. The maximum absolute atomic E-state index is 12.2. The minimum atomic E-state index is -1.12. The van der Waals surface area contributed by atoms with E-state index in [1.54, 1.807) is 0 Å². The number of carbonyl (C=O) groups excluding carboxylic acids is 2. The number of rotatable bonds is 5. The lowest BCUT2D eigenvalue weighted by atomic mass is 10.0. The Bertz CT molecular complexity index is 397. The molecule has 2 atom stereocenters. The van der Waals surface area contributed by atoms with Gasteiger partial charge in [0.1, 0.15) is 12.1 Å². The highest BCUT2D eigenvalue weighted by Gasteiger charge is 2.33. The molecular weight excluding hydrogens is 262 g/mol. The van der Waals surface area contributed by atoms with E-state index in [1.807, 2.05) is 0 Å². The fraction of sp³-hybridized carbons (Fsp3) is 0.615. The molecule has 7 heteroatoms. The fourth-order valence-corrected chi connectivity index (χ4v) is 2.23. The molecule has 0 aromatic rings. The second-order valence-electron chi connectivity index (χ2n) is 4.68. The molecule has 1 heterocycles. The summed E-state index contributed by atoms with van der Waals surface area (Å²) in [4.78, 5) is 36.3. The van der Waals surface area contributed by atoms with Gasteiger partial charge in [-0.25, -0.2) is 9.59 Å². The first-order valence-electron chi connectivity index (χ1n) is 6.63. The Morgan fingerprint density at radius 2 is 2.15 bits per heavy atom. The number of likely N-dealkylation sites (tertiary alicyclic amines) is 1. The molecule has 0 aromatic carbocycles. The maximum atomic E-state index is 12.2. The first-order valence-corrected chi connectivity index (χ1v) is 6.63. The molecule has 1 saturated heterocycles. The molecule has 0 radical (unpaired) electrons. The lowest BCUT2D eigenvalue weighted by Gasteiger charge is -2.35. The molecule has 20 heavy (non-hydrogen) atoms. The minimum Gasteiger partial charge on any atom is -0.480 e. The van der Waals surface area contributed by atoms with Gasteiger partial charge in [0.05, 0.1) is 0 Å². The molecule has 0 saturated carbocycles. The van der Waals surface area contributed by atoms with E-state index in [9.17, 15) is 14.4 Å². The Kier molecular flexibility index (Phi) is 6.02. The zero-order valence-corrected chi connectivity index (χ0v) is 11.6. The van der Waals surface area contributed by atoms with Crippen LogP contribution < -0.4 is 10.6 Å². The van der Waals surface area contributed by atoms with Crippen LogP contribution in [-0.2, 0) is 9.59 Å². The maximum Gasteiger partial charge on any atom is 0.326 e. The number of hydrogen-bond acceptors (Lipinski definition) is 3. The number of likely N-dealkylation sites (N-methyl/N-ethyl adjacent to an activating group) is 1. The van der Waals surface area contributed by atoms with Gasteiger partial charge in [-0.3, -0.25) is 4.79 Å². The van der Waals surface area contributed by atoms with E-state index in [-0.39, 0.29) is 12.3 Å². The third-order valence-electron chi connectivity index (χ3n) is 3.31. The monoisotopic (exact) mass is 283 g/mol. The molecule has 7 nitrogen and oxygen atoms in total. The summed E-state index contributed by atoms with van der Waals surface area (Å²) in [5.74, 6) is -1.35. The standard InChI is InChI=1S/C13H21N3O4/c1-3-6-9(12(18)19)15-13(20)16-8-5-4-7-10(16)11(17)14-2/h3,9-10H,1,4-8H2,2H3,(H,14,17)(H,15,20)(H,18,19). The Morgan fingerprint density at radius 3 is 2.70 bits per heavy atom. The summed E-state index contributed by atoms with van der Waals surface area (Å²) in [6, 6.07) is -2.08. The van der Waals surface area contributed by atoms with Crippen molar-refractivity contribution in [3.63, 3.8) is 0 Å². The zero-order valence-electron chi connectivity index (χ0n) is 11.6. The van der Waals surface area contributed by atoms with Gasteiger partial charge in [-0.1, -0.05) is 6.08 Å². The summed E-state index contributed by atoms with van der Waals surface area (Å²) in [5.41, 5.74) is 0. The summed E-state index contributed by atoms with van der Waals surface area (Å²) < 4.78 is 0. The van der Waals surface area contributed by atoms with Gasteiger partial charge in [-0.05, 0) is 25.7 Å². The molecule has 0 bridgehead atoms. The minimum absolute atomic E-state index is 0.138. The molecule has 0 aromatic heterocycles. The van der Waals surface area contributed by atoms with E-state index in [0.29, 0.717) is 13.0 Å². The molecule has 2 unspecified atom stereocenters. The van der Waals surface area contributed by atoms with Crippen molar-refractivity contribution in [3.05, 3.63) is 12.7 Å². The summed E-state index contributed by atoms with van der Waals surface area (Å²) in [6.07, 6.45) is 3.84. The van der Waals surface area contributed by atoms with Crippen LogP contribution in [0.3, 0.4) is 0 Å². The van der Waals surface area contributed by atoms with Crippen molar-refractivity contribution >= 4 is 17.9 Å². The number of hydrogen-bond donors (Lipinski definition) is 3. The van der Waals surface area contributed by atoms with Gasteiger partial charge in [0.25, 0.3) is 0 Å². The van der Waals surface area contributed by atoms with Gasteiger partial charge in [-0.15, -0.1) is 6.58 Å². The molecular formula is C13H21N3O4. The van der Waals surface area contributed by atoms with Crippen LogP contribution in [0.5, 0.6) is 0 Å². The van der Waals surface area contributed by atoms with E-state index in [1.165, 1.54) is 18.0 Å². The molecule has 3 N–H and O–H groups in total. The third-order valence-corrected chi connectivity index (χ3v) is 3.31. The van der Waals surface area contributed by atoms with Crippen LogP contribution in [0.4, 0.5) is 4.79 Å². The van der Waals surface area contributed by atoms with Crippen LogP contribution in [0.25, 0.3) is 0 Å². The van der Waals surface area contributed by atoms with Crippen molar-refractivity contribution in [2.75, 3.05) is 13.6 Å². The number of urea groups is 1. The summed E-state index contributed by atoms with van der Waals surface area (Å²) in [5, 5.41) is 14.0. The number of carbonyl (C=O) groups is 3. The van der Waals surface area contributed by atoms with Crippen LogP contribution >= 0.6 is 0 Å². The molecule has 0 spiro atoms. The molecule has 1 rings (SSSR count). The van der Waals surface area contributed by atoms with Crippen molar-refractivity contribution < 1.29 is 19.5 Å². The molecule has 112 valence electrons. The quantitative estimate of drug-likeness (QED) is 0.633. The van der Waals surface area contributed by atoms with Gasteiger partial charge in [0, 0.05) is 13.6 Å². The highest BCUT2D eigenvalue weighted by molar-refractivity contribution is 5.88. The topological polar surface area (TPSA) is 98.7 Å². The highest BCUT2D eigenvalue weighted by atomic mass is 16.4. The molecule has 1 aliphatic heterocycles. The van der Waals surface area contributed by atoms with Crippen molar-refractivity contribution in [1.29, 1.82) is 0 Å². The van der Waals surface area contributed by atoms with Crippen LogP contribution in [0.15, 0.2) is 12.7 Å².